The maximum absolute atomic E-state index is 11.7. The Morgan fingerprint density at radius 1 is 1.32 bits per heavy atom. The summed E-state index contributed by atoms with van der Waals surface area (Å²) >= 11 is 1.84. The van der Waals surface area contributed by atoms with Gasteiger partial charge in [-0.15, -0.1) is 35.3 Å². The van der Waals surface area contributed by atoms with Gasteiger partial charge in [0.25, 0.3) is 0 Å². The van der Waals surface area contributed by atoms with Crippen LogP contribution in [0.4, 0.5) is 4.79 Å². The fourth-order valence-electron chi connectivity index (χ4n) is 2.69. The average Bonchev–Trinajstić information content (AvgIpc) is 3.07. The molecule has 1 aliphatic heterocycles. The lowest BCUT2D eigenvalue weighted by Crippen LogP contribution is -2.49. The lowest BCUT2D eigenvalue weighted by molar-refractivity contribution is 0.0963. The molecular weight excluding hydrogens is 451 g/mol. The predicted octanol–water partition coefficient (Wildman–Crippen LogP) is 3.21. The highest BCUT2D eigenvalue weighted by atomic mass is 127. The number of guanidine groups is 1. The van der Waals surface area contributed by atoms with Crippen LogP contribution in [-0.4, -0.2) is 49.7 Å². The molecule has 1 aliphatic rings. The van der Waals surface area contributed by atoms with Gasteiger partial charge in [0.2, 0.25) is 0 Å². The zero-order chi connectivity index (χ0) is 17.4. The number of aryl methyl sites for hydroxylation is 1. The molecular formula is C17H29IN4O2S. The van der Waals surface area contributed by atoms with E-state index in [-0.39, 0.29) is 30.1 Å². The molecule has 0 radical (unpaired) electrons. The van der Waals surface area contributed by atoms with Crippen LogP contribution >= 0.6 is 35.3 Å². The van der Waals surface area contributed by atoms with Crippen LogP contribution in [0.1, 0.15) is 36.4 Å². The van der Waals surface area contributed by atoms with Crippen LogP contribution in [0.25, 0.3) is 0 Å². The number of amides is 1. The van der Waals surface area contributed by atoms with Crippen LogP contribution in [0, 0.1) is 0 Å². The Kier molecular flexibility index (Phi) is 10.2. The summed E-state index contributed by atoms with van der Waals surface area (Å²) in [5.74, 6) is 0.816. The molecule has 8 heteroatoms. The molecule has 1 aromatic rings. The number of likely N-dealkylation sites (tertiary alicyclic amines) is 1. The number of aliphatic imine (C=N–C) groups is 1. The second-order valence-electron chi connectivity index (χ2n) is 5.75. The highest BCUT2D eigenvalue weighted by Crippen LogP contribution is 2.16. The molecule has 0 saturated carbocycles. The number of ether oxygens (including phenoxy) is 1. The zero-order valence-electron chi connectivity index (χ0n) is 15.2. The fourth-order valence-corrected chi connectivity index (χ4v) is 3.58. The zero-order valence-corrected chi connectivity index (χ0v) is 18.4. The van der Waals surface area contributed by atoms with Crippen molar-refractivity contribution in [1.82, 2.24) is 15.5 Å². The number of rotatable bonds is 5. The van der Waals surface area contributed by atoms with Crippen molar-refractivity contribution in [3.63, 3.8) is 0 Å². The first-order valence-electron chi connectivity index (χ1n) is 8.62. The van der Waals surface area contributed by atoms with Crippen LogP contribution in [-0.2, 0) is 17.7 Å². The van der Waals surface area contributed by atoms with Gasteiger partial charge in [0.05, 0.1) is 13.2 Å². The van der Waals surface area contributed by atoms with Crippen molar-refractivity contribution in [1.29, 1.82) is 0 Å². The maximum atomic E-state index is 11.7. The van der Waals surface area contributed by atoms with Gasteiger partial charge < -0.3 is 20.3 Å². The SMILES string of the molecule is CCOC(=O)N1CCC(NC(=NC)NCc2ccc(CC)s2)CC1.I. The summed E-state index contributed by atoms with van der Waals surface area (Å²) < 4.78 is 5.05. The standard InChI is InChI=1S/C17H28N4O2S.HI/c1-4-14-6-7-15(24-14)12-19-16(18-3)20-13-8-10-21(11-9-13)17(22)23-5-2;/h6-7,13H,4-5,8-12H2,1-3H3,(H2,18,19,20);1H. The van der Waals surface area contributed by atoms with Gasteiger partial charge in [-0.05, 0) is 38.3 Å². The maximum Gasteiger partial charge on any atom is 0.409 e. The predicted molar refractivity (Wildman–Crippen MR) is 114 cm³/mol. The Morgan fingerprint density at radius 3 is 2.56 bits per heavy atom. The third-order valence-electron chi connectivity index (χ3n) is 4.08. The van der Waals surface area contributed by atoms with E-state index in [4.69, 9.17) is 4.74 Å². The van der Waals surface area contributed by atoms with E-state index in [1.807, 2.05) is 18.3 Å². The number of carbonyl (C=O) groups excluding carboxylic acids is 1. The lowest BCUT2D eigenvalue weighted by Gasteiger charge is -2.32. The lowest BCUT2D eigenvalue weighted by atomic mass is 10.1. The summed E-state index contributed by atoms with van der Waals surface area (Å²) in [7, 11) is 1.79. The molecule has 142 valence electrons. The molecule has 2 N–H and O–H groups in total. The van der Waals surface area contributed by atoms with E-state index < -0.39 is 0 Å². The molecule has 0 unspecified atom stereocenters. The fraction of sp³-hybridized carbons (Fsp3) is 0.647. The quantitative estimate of drug-likeness (QED) is 0.386. The molecule has 1 fully saturated rings. The highest BCUT2D eigenvalue weighted by Gasteiger charge is 2.23. The molecule has 2 heterocycles. The first-order valence-corrected chi connectivity index (χ1v) is 9.44. The molecule has 0 bridgehead atoms. The Morgan fingerprint density at radius 2 is 2.00 bits per heavy atom. The number of thiophene rings is 1. The minimum absolute atomic E-state index is 0. The Bertz CT molecular complexity index is 557. The number of nitrogens with zero attached hydrogens (tertiary/aromatic N) is 2. The van der Waals surface area contributed by atoms with Crippen molar-refractivity contribution in [2.45, 2.75) is 45.7 Å². The molecule has 6 nitrogen and oxygen atoms in total. The van der Waals surface area contributed by atoms with Crippen LogP contribution < -0.4 is 10.6 Å². The monoisotopic (exact) mass is 480 g/mol. The van der Waals surface area contributed by atoms with Crippen molar-refractivity contribution >= 4 is 47.4 Å². The third kappa shape index (κ3) is 7.01. The Labute approximate surface area is 171 Å². The highest BCUT2D eigenvalue weighted by molar-refractivity contribution is 14.0. The molecule has 0 atom stereocenters. The van der Waals surface area contributed by atoms with Crippen molar-refractivity contribution < 1.29 is 9.53 Å². The van der Waals surface area contributed by atoms with Crippen LogP contribution in [0.3, 0.4) is 0 Å². The molecule has 0 aromatic carbocycles. The summed E-state index contributed by atoms with van der Waals surface area (Å²) in [6.07, 6.45) is 2.68. The van der Waals surface area contributed by atoms with E-state index in [9.17, 15) is 4.79 Å². The summed E-state index contributed by atoms with van der Waals surface area (Å²) in [6.45, 7) is 6.66. The van der Waals surface area contributed by atoms with Crippen LogP contribution in [0.15, 0.2) is 17.1 Å². The molecule has 1 amide bonds. The van der Waals surface area contributed by atoms with Gasteiger partial charge in [0.15, 0.2) is 5.96 Å². The summed E-state index contributed by atoms with van der Waals surface area (Å²) in [6, 6.07) is 4.68. The van der Waals surface area contributed by atoms with Gasteiger partial charge in [-0.1, -0.05) is 6.92 Å². The molecule has 1 saturated heterocycles. The largest absolute Gasteiger partial charge is 0.450 e. The molecule has 2 rings (SSSR count). The summed E-state index contributed by atoms with van der Waals surface area (Å²) in [5.41, 5.74) is 0. The number of halogens is 1. The molecule has 0 spiro atoms. The van der Waals surface area contributed by atoms with E-state index in [1.54, 1.807) is 11.9 Å². The van der Waals surface area contributed by atoms with E-state index in [0.29, 0.717) is 12.6 Å². The second kappa shape index (κ2) is 11.6. The van der Waals surface area contributed by atoms with Gasteiger partial charge in [0.1, 0.15) is 0 Å². The van der Waals surface area contributed by atoms with Crippen molar-refractivity contribution in [3.05, 3.63) is 21.9 Å². The van der Waals surface area contributed by atoms with Crippen LogP contribution in [0.5, 0.6) is 0 Å². The summed E-state index contributed by atoms with van der Waals surface area (Å²) in [4.78, 5) is 20.5. The Hall–Kier alpha value is -1.03. The van der Waals surface area contributed by atoms with E-state index in [2.05, 4.69) is 34.7 Å². The number of nitrogens with one attached hydrogen (secondary N) is 2. The van der Waals surface area contributed by atoms with Gasteiger partial charge in [-0.2, -0.15) is 0 Å². The van der Waals surface area contributed by atoms with Gasteiger partial charge in [-0.25, -0.2) is 4.79 Å². The van der Waals surface area contributed by atoms with Crippen LogP contribution in [0.2, 0.25) is 0 Å². The molecule has 1 aromatic heterocycles. The minimum atomic E-state index is -0.206. The van der Waals surface area contributed by atoms with Gasteiger partial charge in [-0.3, -0.25) is 4.99 Å². The first kappa shape index (κ1) is 22.0. The van der Waals surface area contributed by atoms with E-state index >= 15 is 0 Å². The van der Waals surface area contributed by atoms with E-state index in [1.165, 1.54) is 9.75 Å². The van der Waals surface area contributed by atoms with Crippen molar-refractivity contribution in [2.75, 3.05) is 26.7 Å². The third-order valence-corrected chi connectivity index (χ3v) is 5.31. The van der Waals surface area contributed by atoms with Crippen molar-refractivity contribution in [2.24, 2.45) is 4.99 Å². The second-order valence-corrected chi connectivity index (χ2v) is 7.00. The van der Waals surface area contributed by atoms with E-state index in [0.717, 1.165) is 44.9 Å². The summed E-state index contributed by atoms with van der Waals surface area (Å²) in [5, 5.41) is 6.82. The normalized spacial score (nSPS) is 15.5. The average molecular weight is 480 g/mol. The topological polar surface area (TPSA) is 66.0 Å². The minimum Gasteiger partial charge on any atom is -0.450 e. The van der Waals surface area contributed by atoms with Crippen molar-refractivity contribution in [3.8, 4) is 0 Å². The number of hydrogen-bond acceptors (Lipinski definition) is 4. The molecule has 0 aliphatic carbocycles. The number of hydrogen-bond donors (Lipinski definition) is 2. The number of carbonyl (C=O) groups is 1. The first-order chi connectivity index (χ1) is 11.7. The van der Waals surface area contributed by atoms with Gasteiger partial charge in [0, 0.05) is 35.9 Å². The molecule has 25 heavy (non-hydrogen) atoms. The van der Waals surface area contributed by atoms with Gasteiger partial charge >= 0.3 is 6.09 Å². The Balaban J connectivity index is 0.00000312. The number of piperidine rings is 1. The smallest absolute Gasteiger partial charge is 0.409 e.